The maximum atomic E-state index is 11.9. The molecular weight excluding hydrogens is 292 g/mol. The molecule has 2 rings (SSSR count). The molecule has 18 heavy (non-hydrogen) atoms. The average molecular weight is 305 g/mol. The average Bonchev–Trinajstić information content (AvgIpc) is 2.40. The number of carbonyl (C=O) groups excluding carboxylic acids is 1. The minimum atomic E-state index is -0.294. The van der Waals surface area contributed by atoms with Crippen molar-refractivity contribution in [2.75, 3.05) is 0 Å². The van der Waals surface area contributed by atoms with Gasteiger partial charge in [-0.15, -0.1) is 0 Å². The Kier molecular flexibility index (Phi) is 4.15. The van der Waals surface area contributed by atoms with E-state index >= 15 is 0 Å². The Balaban J connectivity index is 2.07. The van der Waals surface area contributed by atoms with Crippen LogP contribution >= 0.6 is 15.9 Å². The highest BCUT2D eigenvalue weighted by Crippen LogP contribution is 2.20. The van der Waals surface area contributed by atoms with E-state index in [1.807, 2.05) is 49.4 Å². The fourth-order valence-corrected chi connectivity index (χ4v) is 2.00. The number of hydrogen-bond donors (Lipinski definition) is 0. The third kappa shape index (κ3) is 2.99. The second-order valence-corrected chi connectivity index (χ2v) is 4.83. The normalized spacial score (nSPS) is 10.1. The molecule has 92 valence electrons. The molecule has 0 amide bonds. The molecule has 2 aromatic rings. The van der Waals surface area contributed by atoms with Gasteiger partial charge < -0.3 is 4.74 Å². The number of ether oxygens (including phenoxy) is 1. The summed E-state index contributed by atoms with van der Waals surface area (Å²) < 4.78 is 6.20. The van der Waals surface area contributed by atoms with Crippen molar-refractivity contribution in [2.45, 2.75) is 13.5 Å². The smallest absolute Gasteiger partial charge is 0.338 e. The molecule has 0 aliphatic rings. The van der Waals surface area contributed by atoms with Gasteiger partial charge in [-0.2, -0.15) is 0 Å². The molecule has 0 saturated heterocycles. The van der Waals surface area contributed by atoms with E-state index in [1.165, 1.54) is 0 Å². The summed E-state index contributed by atoms with van der Waals surface area (Å²) in [4.78, 5) is 11.9. The molecule has 0 N–H and O–H groups in total. The summed E-state index contributed by atoms with van der Waals surface area (Å²) >= 11 is 3.40. The Hall–Kier alpha value is -1.61. The van der Waals surface area contributed by atoms with Crippen LogP contribution in [0.5, 0.6) is 0 Å². The van der Waals surface area contributed by atoms with E-state index < -0.39 is 0 Å². The van der Waals surface area contributed by atoms with Gasteiger partial charge in [-0.25, -0.2) is 4.79 Å². The lowest BCUT2D eigenvalue weighted by Crippen LogP contribution is -2.07. The third-order valence-electron chi connectivity index (χ3n) is 2.70. The third-order valence-corrected chi connectivity index (χ3v) is 3.56. The van der Waals surface area contributed by atoms with Crippen LogP contribution in [0, 0.1) is 6.92 Å². The van der Waals surface area contributed by atoms with Crippen molar-refractivity contribution in [3.8, 4) is 0 Å². The summed E-state index contributed by atoms with van der Waals surface area (Å²) in [5.74, 6) is -0.294. The molecule has 2 nitrogen and oxygen atoms in total. The van der Waals surface area contributed by atoms with Crippen LogP contribution in [0.4, 0.5) is 0 Å². The van der Waals surface area contributed by atoms with Gasteiger partial charge in [0.25, 0.3) is 0 Å². The zero-order valence-electron chi connectivity index (χ0n) is 10.0. The van der Waals surface area contributed by atoms with Crippen LogP contribution in [0.25, 0.3) is 0 Å². The van der Waals surface area contributed by atoms with E-state index in [-0.39, 0.29) is 5.97 Å². The first-order chi connectivity index (χ1) is 8.68. The highest BCUT2D eigenvalue weighted by molar-refractivity contribution is 9.10. The van der Waals surface area contributed by atoms with Crippen molar-refractivity contribution >= 4 is 21.9 Å². The van der Waals surface area contributed by atoms with Crippen molar-refractivity contribution < 1.29 is 9.53 Å². The van der Waals surface area contributed by atoms with Gasteiger partial charge in [0.05, 0.1) is 5.56 Å². The number of halogens is 1. The van der Waals surface area contributed by atoms with E-state index in [9.17, 15) is 4.79 Å². The highest BCUT2D eigenvalue weighted by atomic mass is 79.9. The highest BCUT2D eigenvalue weighted by Gasteiger charge is 2.11. The second kappa shape index (κ2) is 5.83. The van der Waals surface area contributed by atoms with Gasteiger partial charge in [-0.3, -0.25) is 0 Å². The maximum absolute atomic E-state index is 11.9. The molecule has 0 unspecified atom stereocenters. The van der Waals surface area contributed by atoms with Gasteiger partial charge >= 0.3 is 5.97 Å². The first-order valence-corrected chi connectivity index (χ1v) is 6.44. The van der Waals surface area contributed by atoms with Crippen molar-refractivity contribution in [1.29, 1.82) is 0 Å². The minimum absolute atomic E-state index is 0.294. The van der Waals surface area contributed by atoms with E-state index in [0.717, 1.165) is 15.6 Å². The maximum Gasteiger partial charge on any atom is 0.338 e. The Morgan fingerprint density at radius 2 is 1.83 bits per heavy atom. The zero-order chi connectivity index (χ0) is 13.0. The second-order valence-electron chi connectivity index (χ2n) is 3.97. The lowest BCUT2D eigenvalue weighted by Gasteiger charge is -2.08. The van der Waals surface area contributed by atoms with Gasteiger partial charge in [0.2, 0.25) is 0 Å². The quantitative estimate of drug-likeness (QED) is 0.798. The number of benzene rings is 2. The Labute approximate surface area is 115 Å². The molecule has 3 heteroatoms. The predicted molar refractivity (Wildman–Crippen MR) is 74.4 cm³/mol. The molecule has 0 radical (unpaired) electrons. The van der Waals surface area contributed by atoms with Crippen molar-refractivity contribution in [1.82, 2.24) is 0 Å². The van der Waals surface area contributed by atoms with Crippen LogP contribution < -0.4 is 0 Å². The van der Waals surface area contributed by atoms with Crippen molar-refractivity contribution in [2.24, 2.45) is 0 Å². The number of rotatable bonds is 3. The molecule has 0 saturated carbocycles. The summed E-state index contributed by atoms with van der Waals surface area (Å²) in [6.07, 6.45) is 0. The molecule has 0 spiro atoms. The number of hydrogen-bond acceptors (Lipinski definition) is 2. The SMILES string of the molecule is Cc1c(Br)cccc1C(=O)OCc1ccccc1. The van der Waals surface area contributed by atoms with E-state index in [4.69, 9.17) is 4.74 Å². The molecule has 0 aromatic heterocycles. The summed E-state index contributed by atoms with van der Waals surface area (Å²) in [5, 5.41) is 0. The van der Waals surface area contributed by atoms with Crippen molar-refractivity contribution in [3.05, 3.63) is 69.7 Å². The van der Waals surface area contributed by atoms with Crippen LogP contribution in [0.2, 0.25) is 0 Å². The summed E-state index contributed by atoms with van der Waals surface area (Å²) in [6.45, 7) is 2.19. The monoisotopic (exact) mass is 304 g/mol. The predicted octanol–water partition coefficient (Wildman–Crippen LogP) is 4.11. The molecule has 0 bridgehead atoms. The summed E-state index contributed by atoms with van der Waals surface area (Å²) in [7, 11) is 0. The zero-order valence-corrected chi connectivity index (χ0v) is 11.6. The Morgan fingerprint density at radius 1 is 1.11 bits per heavy atom. The van der Waals surface area contributed by atoms with E-state index in [0.29, 0.717) is 12.2 Å². The van der Waals surface area contributed by atoms with Gasteiger partial charge in [-0.05, 0) is 30.2 Å². The van der Waals surface area contributed by atoms with Crippen LogP contribution in [0.15, 0.2) is 53.0 Å². The van der Waals surface area contributed by atoms with Crippen LogP contribution in [0.1, 0.15) is 21.5 Å². The molecule has 0 atom stereocenters. The van der Waals surface area contributed by atoms with Crippen LogP contribution in [-0.4, -0.2) is 5.97 Å². The number of esters is 1. The summed E-state index contributed by atoms with van der Waals surface area (Å²) in [6, 6.07) is 15.2. The van der Waals surface area contributed by atoms with E-state index in [1.54, 1.807) is 6.07 Å². The Bertz CT molecular complexity index is 550. The topological polar surface area (TPSA) is 26.3 Å². The van der Waals surface area contributed by atoms with Gasteiger partial charge in [0, 0.05) is 4.47 Å². The molecule has 0 fully saturated rings. The molecule has 0 heterocycles. The summed E-state index contributed by atoms with van der Waals surface area (Å²) in [5.41, 5.74) is 2.48. The first-order valence-electron chi connectivity index (χ1n) is 5.64. The minimum Gasteiger partial charge on any atom is -0.457 e. The van der Waals surface area contributed by atoms with Gasteiger partial charge in [-0.1, -0.05) is 52.3 Å². The lowest BCUT2D eigenvalue weighted by molar-refractivity contribution is 0.0472. The van der Waals surface area contributed by atoms with Crippen molar-refractivity contribution in [3.63, 3.8) is 0 Å². The molecular formula is C15H13BrO2. The fraction of sp³-hybridized carbons (Fsp3) is 0.133. The lowest BCUT2D eigenvalue weighted by atomic mass is 10.1. The molecule has 0 aliphatic carbocycles. The van der Waals surface area contributed by atoms with E-state index in [2.05, 4.69) is 15.9 Å². The Morgan fingerprint density at radius 3 is 2.56 bits per heavy atom. The largest absolute Gasteiger partial charge is 0.457 e. The van der Waals surface area contributed by atoms with Crippen LogP contribution in [-0.2, 0) is 11.3 Å². The molecule has 0 aliphatic heterocycles. The number of carbonyl (C=O) groups is 1. The van der Waals surface area contributed by atoms with Gasteiger partial charge in [0.15, 0.2) is 0 Å². The van der Waals surface area contributed by atoms with Crippen LogP contribution in [0.3, 0.4) is 0 Å². The van der Waals surface area contributed by atoms with Gasteiger partial charge in [0.1, 0.15) is 6.61 Å². The standard InChI is InChI=1S/C15H13BrO2/c1-11-13(8-5-9-14(11)16)15(17)18-10-12-6-3-2-4-7-12/h2-9H,10H2,1H3. The fourth-order valence-electron chi connectivity index (χ4n) is 1.63. The molecule has 2 aromatic carbocycles. The first kappa shape index (κ1) is 12.8.